The first-order valence-corrected chi connectivity index (χ1v) is 11.2. The summed E-state index contributed by atoms with van der Waals surface area (Å²) in [5.74, 6) is -2.72. The predicted octanol–water partition coefficient (Wildman–Crippen LogP) is 5.11. The Morgan fingerprint density at radius 1 is 1.03 bits per heavy atom. The second kappa shape index (κ2) is 9.92. The van der Waals surface area contributed by atoms with Crippen LogP contribution >= 0.6 is 0 Å². The lowest BCUT2D eigenvalue weighted by atomic mass is 9.94. The number of aromatic nitrogens is 4. The van der Waals surface area contributed by atoms with Crippen LogP contribution in [0.4, 0.5) is 13.2 Å². The molecule has 0 saturated carbocycles. The van der Waals surface area contributed by atoms with E-state index in [2.05, 4.69) is 20.5 Å². The number of rotatable bonds is 8. The fourth-order valence-corrected chi connectivity index (χ4v) is 4.08. The number of aryl methyl sites for hydroxylation is 1. The van der Waals surface area contributed by atoms with Gasteiger partial charge >= 0.3 is 0 Å². The highest BCUT2D eigenvalue weighted by Crippen LogP contribution is 2.41. The minimum Gasteiger partial charge on any atom is -0.433 e. The zero-order valence-corrected chi connectivity index (χ0v) is 19.6. The monoisotopic (exact) mass is 493 g/mol. The van der Waals surface area contributed by atoms with Crippen molar-refractivity contribution < 1.29 is 22.3 Å². The van der Waals surface area contributed by atoms with E-state index in [0.29, 0.717) is 30.1 Å². The molecule has 3 aromatic carbocycles. The smallest absolute Gasteiger partial charge is 0.231 e. The third-order valence-electron chi connectivity index (χ3n) is 5.82. The van der Waals surface area contributed by atoms with Crippen molar-refractivity contribution in [2.75, 3.05) is 20.3 Å². The minimum absolute atomic E-state index is 0.0248. The molecule has 0 aliphatic carbocycles. The quantitative estimate of drug-likeness (QED) is 0.303. The zero-order chi connectivity index (χ0) is 25.2. The Morgan fingerprint density at radius 2 is 1.83 bits per heavy atom. The number of nitrogens with zero attached hydrogens (tertiary/aromatic N) is 4. The Morgan fingerprint density at radius 3 is 2.56 bits per heavy atom. The molecule has 0 radical (unpaired) electrons. The number of nitrogens with one attached hydrogen (secondary N) is 1. The molecule has 0 bridgehead atoms. The first-order chi connectivity index (χ1) is 17.5. The molecule has 0 fully saturated rings. The van der Waals surface area contributed by atoms with Crippen LogP contribution in [0.15, 0.2) is 59.3 Å². The summed E-state index contributed by atoms with van der Waals surface area (Å²) in [6, 6.07) is 13.6. The van der Waals surface area contributed by atoms with Crippen molar-refractivity contribution in [1.82, 2.24) is 25.1 Å². The minimum atomic E-state index is -1.19. The highest BCUT2D eigenvalue weighted by molar-refractivity contribution is 5.92. The van der Waals surface area contributed by atoms with Gasteiger partial charge < -0.3 is 19.0 Å². The topological polar surface area (TPSA) is 78.0 Å². The van der Waals surface area contributed by atoms with Crippen LogP contribution in [0.3, 0.4) is 0 Å². The molecular formula is C26H22F3N5O2. The average Bonchev–Trinajstić information content (AvgIpc) is 3.51. The summed E-state index contributed by atoms with van der Waals surface area (Å²) in [6.45, 7) is 0.937. The number of ether oxygens (including phenoxy) is 1. The van der Waals surface area contributed by atoms with Crippen molar-refractivity contribution >= 4 is 11.1 Å². The van der Waals surface area contributed by atoms with Crippen LogP contribution in [0.5, 0.6) is 0 Å². The van der Waals surface area contributed by atoms with Crippen LogP contribution in [0.2, 0.25) is 0 Å². The molecule has 184 valence electrons. The molecule has 0 saturated heterocycles. The van der Waals surface area contributed by atoms with Gasteiger partial charge in [0.1, 0.15) is 17.7 Å². The maximum Gasteiger partial charge on any atom is 0.231 e. The molecule has 0 aliphatic rings. The van der Waals surface area contributed by atoms with Crippen LogP contribution < -0.4 is 5.32 Å². The summed E-state index contributed by atoms with van der Waals surface area (Å²) < 4.78 is 57.4. The molecule has 5 rings (SSSR count). The molecule has 0 aliphatic heterocycles. The third-order valence-corrected chi connectivity index (χ3v) is 5.82. The van der Waals surface area contributed by atoms with E-state index in [9.17, 15) is 8.78 Å². The van der Waals surface area contributed by atoms with Crippen molar-refractivity contribution in [3.8, 4) is 34.0 Å². The SMILES string of the molecule is COCCNCc1cc2nc(-c3c(F)ccc(-c4ccccc4)c3-c3nncn3C)oc2c(F)c1F. The summed E-state index contributed by atoms with van der Waals surface area (Å²) >= 11 is 0. The Labute approximate surface area is 204 Å². The van der Waals surface area contributed by atoms with Gasteiger partial charge in [0.2, 0.25) is 11.7 Å². The number of oxazole rings is 1. The molecule has 0 spiro atoms. The number of hydrogen-bond acceptors (Lipinski definition) is 6. The van der Waals surface area contributed by atoms with Gasteiger partial charge in [-0.3, -0.25) is 0 Å². The van der Waals surface area contributed by atoms with Gasteiger partial charge in [-0.1, -0.05) is 36.4 Å². The van der Waals surface area contributed by atoms with E-state index in [1.807, 2.05) is 30.3 Å². The largest absolute Gasteiger partial charge is 0.433 e. The standard InChI is InChI=1S/C26H22F3N5O2/c1-34-14-31-33-25(34)20-17(15-6-4-3-5-7-15)8-9-18(27)21(20)26-32-19-12-16(13-30-10-11-35-2)22(28)23(29)24(19)36-26/h3-9,12,14,30H,10-11,13H2,1-2H3. The summed E-state index contributed by atoms with van der Waals surface area (Å²) in [4.78, 5) is 4.36. The second-order valence-electron chi connectivity index (χ2n) is 8.18. The van der Waals surface area contributed by atoms with Crippen molar-refractivity contribution in [1.29, 1.82) is 0 Å². The molecule has 0 atom stereocenters. The molecule has 0 unspecified atom stereocenters. The predicted molar refractivity (Wildman–Crippen MR) is 128 cm³/mol. The zero-order valence-electron chi connectivity index (χ0n) is 19.6. The van der Waals surface area contributed by atoms with Gasteiger partial charge in [0.15, 0.2) is 17.2 Å². The van der Waals surface area contributed by atoms with Crippen molar-refractivity contribution in [3.63, 3.8) is 0 Å². The summed E-state index contributed by atoms with van der Waals surface area (Å²) in [5.41, 5.74) is 1.55. The van der Waals surface area contributed by atoms with Crippen molar-refractivity contribution in [2.45, 2.75) is 6.54 Å². The molecule has 0 amide bonds. The van der Waals surface area contributed by atoms with Gasteiger partial charge in [-0.05, 0) is 23.3 Å². The first kappa shape index (κ1) is 23.7. The van der Waals surface area contributed by atoms with Crippen molar-refractivity contribution in [3.05, 3.63) is 77.9 Å². The first-order valence-electron chi connectivity index (χ1n) is 11.2. The number of fused-ring (bicyclic) bond motifs is 1. The van der Waals surface area contributed by atoms with Gasteiger partial charge in [-0.25, -0.2) is 13.8 Å². The molecule has 2 aromatic heterocycles. The van der Waals surface area contributed by atoms with Crippen LogP contribution in [0, 0.1) is 17.5 Å². The van der Waals surface area contributed by atoms with E-state index in [0.717, 1.165) is 5.56 Å². The Kier molecular flexibility index (Phi) is 6.53. The maximum atomic E-state index is 15.4. The van der Waals surface area contributed by atoms with E-state index in [1.54, 1.807) is 24.8 Å². The summed E-state index contributed by atoms with van der Waals surface area (Å²) in [6.07, 6.45) is 1.49. The second-order valence-corrected chi connectivity index (χ2v) is 8.18. The van der Waals surface area contributed by atoms with Gasteiger partial charge in [-0.2, -0.15) is 4.39 Å². The highest BCUT2D eigenvalue weighted by atomic mass is 19.2. The summed E-state index contributed by atoms with van der Waals surface area (Å²) in [5, 5.41) is 11.1. The van der Waals surface area contributed by atoms with E-state index in [4.69, 9.17) is 9.15 Å². The highest BCUT2D eigenvalue weighted by Gasteiger charge is 2.27. The van der Waals surface area contributed by atoms with Crippen LogP contribution in [-0.2, 0) is 18.3 Å². The fourth-order valence-electron chi connectivity index (χ4n) is 4.08. The molecular weight excluding hydrogens is 471 g/mol. The lowest BCUT2D eigenvalue weighted by Crippen LogP contribution is -2.19. The molecule has 2 heterocycles. The van der Waals surface area contributed by atoms with Gasteiger partial charge in [0.05, 0.1) is 12.2 Å². The van der Waals surface area contributed by atoms with Crippen LogP contribution in [0.25, 0.3) is 45.1 Å². The van der Waals surface area contributed by atoms with E-state index >= 15 is 4.39 Å². The average molecular weight is 493 g/mol. The number of benzene rings is 3. The van der Waals surface area contributed by atoms with E-state index < -0.39 is 23.0 Å². The van der Waals surface area contributed by atoms with Gasteiger partial charge in [0.25, 0.3) is 0 Å². The molecule has 5 aromatic rings. The number of methoxy groups -OCH3 is 1. The number of hydrogen-bond donors (Lipinski definition) is 1. The Bertz CT molecular complexity index is 1530. The lowest BCUT2D eigenvalue weighted by molar-refractivity contribution is 0.199. The van der Waals surface area contributed by atoms with Crippen LogP contribution in [-0.4, -0.2) is 40.0 Å². The third kappa shape index (κ3) is 4.25. The van der Waals surface area contributed by atoms with Crippen molar-refractivity contribution in [2.24, 2.45) is 7.05 Å². The van der Waals surface area contributed by atoms with E-state index in [-0.39, 0.29) is 29.1 Å². The molecule has 36 heavy (non-hydrogen) atoms. The molecule has 10 heteroatoms. The van der Waals surface area contributed by atoms with Crippen LogP contribution in [0.1, 0.15) is 5.56 Å². The molecule has 7 nitrogen and oxygen atoms in total. The molecule has 1 N–H and O–H groups in total. The Balaban J connectivity index is 1.70. The van der Waals surface area contributed by atoms with Gasteiger partial charge in [-0.15, -0.1) is 10.2 Å². The number of halogens is 3. The normalized spacial score (nSPS) is 11.5. The van der Waals surface area contributed by atoms with Gasteiger partial charge in [0, 0.05) is 38.4 Å². The fraction of sp³-hybridized carbons (Fsp3) is 0.192. The summed E-state index contributed by atoms with van der Waals surface area (Å²) in [7, 11) is 3.27. The lowest BCUT2D eigenvalue weighted by Gasteiger charge is -2.14. The maximum absolute atomic E-state index is 15.4. The van der Waals surface area contributed by atoms with E-state index in [1.165, 1.54) is 18.5 Å². The Hall–Kier alpha value is -4.02.